The molecule has 0 bridgehead atoms. The number of rotatable bonds is 4. The second kappa shape index (κ2) is 5.05. The van der Waals surface area contributed by atoms with Crippen LogP contribution in [0.25, 0.3) is 0 Å². The SMILES string of the molecule is Cc1cccc(SC(C)CC(=N)N)c1. The molecule has 0 aliphatic rings. The van der Waals surface area contributed by atoms with Crippen molar-refractivity contribution in [2.45, 2.75) is 30.4 Å². The minimum absolute atomic E-state index is 0.262. The van der Waals surface area contributed by atoms with Gasteiger partial charge in [0.25, 0.3) is 0 Å². The van der Waals surface area contributed by atoms with E-state index in [-0.39, 0.29) is 5.84 Å². The Balaban J connectivity index is 2.55. The summed E-state index contributed by atoms with van der Waals surface area (Å²) in [7, 11) is 0. The third-order valence-corrected chi connectivity index (χ3v) is 2.93. The second-order valence-electron chi connectivity index (χ2n) is 3.47. The zero-order chi connectivity index (χ0) is 10.6. The first-order chi connectivity index (χ1) is 6.58. The van der Waals surface area contributed by atoms with Crippen LogP contribution in [0.2, 0.25) is 0 Å². The van der Waals surface area contributed by atoms with Gasteiger partial charge in [-0.05, 0) is 19.1 Å². The van der Waals surface area contributed by atoms with Crippen molar-refractivity contribution in [2.24, 2.45) is 5.73 Å². The third-order valence-electron chi connectivity index (χ3n) is 1.83. The largest absolute Gasteiger partial charge is 0.388 e. The van der Waals surface area contributed by atoms with Crippen LogP contribution in [0.4, 0.5) is 0 Å². The number of amidine groups is 1. The third kappa shape index (κ3) is 3.83. The molecule has 0 spiro atoms. The minimum atomic E-state index is 0.262. The molecule has 0 saturated carbocycles. The monoisotopic (exact) mass is 208 g/mol. The van der Waals surface area contributed by atoms with Gasteiger partial charge in [-0.1, -0.05) is 24.6 Å². The molecule has 0 heterocycles. The van der Waals surface area contributed by atoms with Crippen molar-refractivity contribution in [3.63, 3.8) is 0 Å². The quantitative estimate of drug-likeness (QED) is 0.454. The van der Waals surface area contributed by atoms with Gasteiger partial charge < -0.3 is 5.73 Å². The van der Waals surface area contributed by atoms with Crippen LogP contribution in [0.15, 0.2) is 29.2 Å². The first-order valence-corrected chi connectivity index (χ1v) is 5.52. The fourth-order valence-electron chi connectivity index (χ4n) is 1.27. The summed E-state index contributed by atoms with van der Waals surface area (Å²) >= 11 is 1.77. The highest BCUT2D eigenvalue weighted by molar-refractivity contribution is 8.00. The fraction of sp³-hybridized carbons (Fsp3) is 0.364. The highest BCUT2D eigenvalue weighted by atomic mass is 32.2. The van der Waals surface area contributed by atoms with Gasteiger partial charge in [-0.15, -0.1) is 11.8 Å². The highest BCUT2D eigenvalue weighted by Crippen LogP contribution is 2.25. The van der Waals surface area contributed by atoms with Crippen molar-refractivity contribution in [1.29, 1.82) is 5.41 Å². The number of thioether (sulfide) groups is 1. The molecule has 0 saturated heterocycles. The molecule has 1 aromatic rings. The number of nitrogens with one attached hydrogen (secondary N) is 1. The number of benzene rings is 1. The van der Waals surface area contributed by atoms with Crippen LogP contribution in [0.5, 0.6) is 0 Å². The molecule has 3 heteroatoms. The maximum atomic E-state index is 7.20. The standard InChI is InChI=1S/C11H16N2S/c1-8-4-3-5-10(6-8)14-9(2)7-11(12)13/h3-6,9H,7H2,1-2H3,(H3,12,13). The average molecular weight is 208 g/mol. The lowest BCUT2D eigenvalue weighted by Gasteiger charge is -2.10. The van der Waals surface area contributed by atoms with Crippen LogP contribution in [0.3, 0.4) is 0 Å². The molecule has 0 fully saturated rings. The van der Waals surface area contributed by atoms with Crippen molar-refractivity contribution in [3.05, 3.63) is 29.8 Å². The van der Waals surface area contributed by atoms with Crippen molar-refractivity contribution in [3.8, 4) is 0 Å². The van der Waals surface area contributed by atoms with E-state index in [1.807, 2.05) is 0 Å². The summed E-state index contributed by atoms with van der Waals surface area (Å²) in [5.41, 5.74) is 6.62. The molecule has 76 valence electrons. The van der Waals surface area contributed by atoms with Crippen molar-refractivity contribution >= 4 is 17.6 Å². The Bertz CT molecular complexity index is 323. The molecule has 1 unspecified atom stereocenters. The fourth-order valence-corrected chi connectivity index (χ4v) is 2.41. The molecule has 14 heavy (non-hydrogen) atoms. The Morgan fingerprint density at radius 2 is 2.29 bits per heavy atom. The van der Waals surface area contributed by atoms with Gasteiger partial charge in [0.15, 0.2) is 0 Å². The summed E-state index contributed by atoms with van der Waals surface area (Å²) < 4.78 is 0. The summed E-state index contributed by atoms with van der Waals surface area (Å²) in [6.07, 6.45) is 0.651. The molecule has 0 amide bonds. The van der Waals surface area contributed by atoms with Gasteiger partial charge in [-0.3, -0.25) is 5.41 Å². The molecule has 0 aromatic heterocycles. The van der Waals surface area contributed by atoms with E-state index in [4.69, 9.17) is 11.1 Å². The van der Waals surface area contributed by atoms with E-state index in [9.17, 15) is 0 Å². The van der Waals surface area contributed by atoms with E-state index in [1.165, 1.54) is 10.5 Å². The molecule has 0 radical (unpaired) electrons. The molecule has 2 nitrogen and oxygen atoms in total. The summed E-state index contributed by atoms with van der Waals surface area (Å²) in [5.74, 6) is 0.262. The van der Waals surface area contributed by atoms with Crippen LogP contribution in [0, 0.1) is 12.3 Å². The topological polar surface area (TPSA) is 49.9 Å². The van der Waals surface area contributed by atoms with E-state index in [0.717, 1.165) is 0 Å². The summed E-state index contributed by atoms with van der Waals surface area (Å²) in [6, 6.07) is 8.38. The van der Waals surface area contributed by atoms with E-state index < -0.39 is 0 Å². The predicted molar refractivity (Wildman–Crippen MR) is 63.0 cm³/mol. The lowest BCUT2D eigenvalue weighted by atomic mass is 10.2. The van der Waals surface area contributed by atoms with Crippen molar-refractivity contribution in [2.75, 3.05) is 0 Å². The Morgan fingerprint density at radius 3 is 2.86 bits per heavy atom. The molecule has 1 aromatic carbocycles. The van der Waals surface area contributed by atoms with E-state index in [1.54, 1.807) is 11.8 Å². The predicted octanol–water partition coefficient (Wildman–Crippen LogP) is 2.80. The summed E-state index contributed by atoms with van der Waals surface area (Å²) in [4.78, 5) is 1.25. The zero-order valence-corrected chi connectivity index (χ0v) is 9.40. The van der Waals surface area contributed by atoms with Gasteiger partial charge in [0.05, 0.1) is 5.84 Å². The molecule has 0 aliphatic heterocycles. The van der Waals surface area contributed by atoms with Crippen molar-refractivity contribution in [1.82, 2.24) is 0 Å². The molecule has 3 N–H and O–H groups in total. The summed E-state index contributed by atoms with van der Waals surface area (Å²) in [6.45, 7) is 4.17. The Morgan fingerprint density at radius 1 is 1.57 bits per heavy atom. The van der Waals surface area contributed by atoms with Gasteiger partial charge in [0, 0.05) is 16.6 Å². The van der Waals surface area contributed by atoms with Crippen LogP contribution < -0.4 is 5.73 Å². The van der Waals surface area contributed by atoms with Crippen LogP contribution in [-0.4, -0.2) is 11.1 Å². The number of nitrogens with two attached hydrogens (primary N) is 1. The maximum absolute atomic E-state index is 7.20. The van der Waals surface area contributed by atoms with Gasteiger partial charge >= 0.3 is 0 Å². The molecule has 1 rings (SSSR count). The normalized spacial score (nSPS) is 12.4. The highest BCUT2D eigenvalue weighted by Gasteiger charge is 2.05. The van der Waals surface area contributed by atoms with Crippen molar-refractivity contribution < 1.29 is 0 Å². The average Bonchev–Trinajstić information content (AvgIpc) is 2.01. The maximum Gasteiger partial charge on any atom is 0.0916 e. The lowest BCUT2D eigenvalue weighted by molar-refractivity contribution is 0.996. The van der Waals surface area contributed by atoms with E-state index in [2.05, 4.69) is 38.1 Å². The molecular formula is C11H16N2S. The van der Waals surface area contributed by atoms with Crippen LogP contribution >= 0.6 is 11.8 Å². The summed E-state index contributed by atoms with van der Waals surface area (Å²) in [5, 5.41) is 7.57. The zero-order valence-electron chi connectivity index (χ0n) is 8.58. The van der Waals surface area contributed by atoms with Crippen LogP contribution in [-0.2, 0) is 0 Å². The van der Waals surface area contributed by atoms with Gasteiger partial charge in [-0.2, -0.15) is 0 Å². The number of hydrogen-bond donors (Lipinski definition) is 2. The smallest absolute Gasteiger partial charge is 0.0916 e. The van der Waals surface area contributed by atoms with Gasteiger partial charge in [0.1, 0.15) is 0 Å². The lowest BCUT2D eigenvalue weighted by Crippen LogP contribution is -2.14. The molecular weight excluding hydrogens is 192 g/mol. The van der Waals surface area contributed by atoms with E-state index >= 15 is 0 Å². The van der Waals surface area contributed by atoms with Gasteiger partial charge in [0.2, 0.25) is 0 Å². The first kappa shape index (κ1) is 11.1. The Hall–Kier alpha value is -0.960. The molecule has 0 aliphatic carbocycles. The number of aryl methyl sites for hydroxylation is 1. The number of hydrogen-bond acceptors (Lipinski definition) is 2. The first-order valence-electron chi connectivity index (χ1n) is 4.64. The van der Waals surface area contributed by atoms with Gasteiger partial charge in [-0.25, -0.2) is 0 Å². The van der Waals surface area contributed by atoms with E-state index in [0.29, 0.717) is 11.7 Å². The van der Waals surface area contributed by atoms with Crippen LogP contribution in [0.1, 0.15) is 18.9 Å². The molecule has 1 atom stereocenters. The Kier molecular flexibility index (Phi) is 4.01. The minimum Gasteiger partial charge on any atom is -0.388 e. The second-order valence-corrected chi connectivity index (χ2v) is 4.99. The Labute approximate surface area is 89.4 Å².